The molecule has 3 rings (SSSR count). The molecule has 1 aliphatic heterocycles. The zero-order chi connectivity index (χ0) is 11.8. The Balaban J connectivity index is 1.76. The molecule has 0 bridgehead atoms. The van der Waals surface area contributed by atoms with Crippen LogP contribution in [-0.2, 0) is 4.79 Å². The molecule has 5 nitrogen and oxygen atoms in total. The molecule has 1 N–H and O–H groups in total. The topological polar surface area (TPSA) is 66.3 Å². The third-order valence-corrected chi connectivity index (χ3v) is 3.53. The molecule has 90 valence electrons. The van der Waals surface area contributed by atoms with Crippen molar-refractivity contribution in [3.8, 4) is 0 Å². The second-order valence-electron chi connectivity index (χ2n) is 4.85. The molecule has 2 heterocycles. The number of carboxylic acids is 1. The van der Waals surface area contributed by atoms with Crippen LogP contribution >= 0.6 is 0 Å². The number of hydrogen-bond donors (Lipinski definition) is 1. The highest BCUT2D eigenvalue weighted by atomic mass is 16.4. The van der Waals surface area contributed by atoms with E-state index < -0.39 is 5.97 Å². The van der Waals surface area contributed by atoms with Crippen molar-refractivity contribution in [2.24, 2.45) is 5.92 Å². The van der Waals surface area contributed by atoms with Gasteiger partial charge in [0.2, 0.25) is 0 Å². The van der Waals surface area contributed by atoms with Gasteiger partial charge in [0.05, 0.1) is 5.92 Å². The highest BCUT2D eigenvalue weighted by molar-refractivity contribution is 5.71. The maximum absolute atomic E-state index is 10.9. The molecule has 2 fully saturated rings. The van der Waals surface area contributed by atoms with Crippen molar-refractivity contribution in [1.82, 2.24) is 9.97 Å². The lowest BCUT2D eigenvalue weighted by Gasteiger charge is -2.16. The first-order valence-corrected chi connectivity index (χ1v) is 6.04. The van der Waals surface area contributed by atoms with Crippen molar-refractivity contribution < 1.29 is 9.90 Å². The van der Waals surface area contributed by atoms with Gasteiger partial charge in [0.1, 0.15) is 12.1 Å². The molecule has 1 saturated heterocycles. The average molecular weight is 233 g/mol. The van der Waals surface area contributed by atoms with E-state index in [2.05, 4.69) is 9.97 Å². The van der Waals surface area contributed by atoms with E-state index >= 15 is 0 Å². The minimum atomic E-state index is -0.705. The van der Waals surface area contributed by atoms with E-state index in [0.29, 0.717) is 18.9 Å². The molecule has 0 radical (unpaired) electrons. The summed E-state index contributed by atoms with van der Waals surface area (Å²) < 4.78 is 0. The standard InChI is InChI=1S/C12H15N3O2/c16-12(17)9-3-4-15(6-9)11-5-10(8-1-2-8)13-7-14-11/h5,7-9H,1-4,6H2,(H,16,17). The smallest absolute Gasteiger partial charge is 0.308 e. The van der Waals surface area contributed by atoms with Crippen LogP contribution in [0.1, 0.15) is 30.9 Å². The molecule has 0 amide bonds. The molecule has 1 aromatic heterocycles. The Morgan fingerprint density at radius 1 is 1.35 bits per heavy atom. The van der Waals surface area contributed by atoms with Gasteiger partial charge < -0.3 is 10.0 Å². The average Bonchev–Trinajstić information content (AvgIpc) is 3.06. The van der Waals surface area contributed by atoms with Crippen molar-refractivity contribution >= 4 is 11.8 Å². The third-order valence-electron chi connectivity index (χ3n) is 3.53. The lowest BCUT2D eigenvalue weighted by atomic mass is 10.1. The number of carboxylic acid groups (broad SMARTS) is 1. The number of carbonyl (C=O) groups is 1. The van der Waals surface area contributed by atoms with Gasteiger partial charge in [-0.3, -0.25) is 4.79 Å². The van der Waals surface area contributed by atoms with Crippen LogP contribution in [0.3, 0.4) is 0 Å². The van der Waals surface area contributed by atoms with Crippen LogP contribution in [0.5, 0.6) is 0 Å². The summed E-state index contributed by atoms with van der Waals surface area (Å²) in [5.41, 5.74) is 1.11. The minimum absolute atomic E-state index is 0.255. The van der Waals surface area contributed by atoms with Crippen LogP contribution < -0.4 is 4.90 Å². The molecule has 1 unspecified atom stereocenters. The van der Waals surface area contributed by atoms with E-state index in [1.807, 2.05) is 11.0 Å². The third kappa shape index (κ3) is 2.09. The van der Waals surface area contributed by atoms with E-state index in [1.165, 1.54) is 12.8 Å². The van der Waals surface area contributed by atoms with Crippen LogP contribution in [-0.4, -0.2) is 34.1 Å². The van der Waals surface area contributed by atoms with Crippen molar-refractivity contribution in [3.05, 3.63) is 18.1 Å². The molecule has 5 heteroatoms. The van der Waals surface area contributed by atoms with Gasteiger partial charge in [-0.05, 0) is 19.3 Å². The summed E-state index contributed by atoms with van der Waals surface area (Å²) >= 11 is 0. The van der Waals surface area contributed by atoms with Gasteiger partial charge >= 0.3 is 5.97 Å². The Morgan fingerprint density at radius 2 is 2.18 bits per heavy atom. The van der Waals surface area contributed by atoms with E-state index in [9.17, 15) is 4.79 Å². The van der Waals surface area contributed by atoms with Gasteiger partial charge in [0.15, 0.2) is 0 Å². The zero-order valence-corrected chi connectivity index (χ0v) is 9.54. The van der Waals surface area contributed by atoms with Gasteiger partial charge in [0.25, 0.3) is 0 Å². The van der Waals surface area contributed by atoms with Crippen molar-refractivity contribution in [2.75, 3.05) is 18.0 Å². The first-order valence-electron chi connectivity index (χ1n) is 6.04. The van der Waals surface area contributed by atoms with E-state index in [4.69, 9.17) is 5.11 Å². The summed E-state index contributed by atoms with van der Waals surface area (Å²) in [4.78, 5) is 21.5. The normalized spacial score (nSPS) is 24.0. The number of anilines is 1. The highest BCUT2D eigenvalue weighted by Gasteiger charge is 2.30. The van der Waals surface area contributed by atoms with Gasteiger partial charge in [0, 0.05) is 30.8 Å². The van der Waals surface area contributed by atoms with E-state index in [-0.39, 0.29) is 5.92 Å². The van der Waals surface area contributed by atoms with Crippen LogP contribution in [0.25, 0.3) is 0 Å². The highest BCUT2D eigenvalue weighted by Crippen LogP contribution is 2.39. The number of aliphatic carboxylic acids is 1. The number of hydrogen-bond acceptors (Lipinski definition) is 4. The Morgan fingerprint density at radius 3 is 2.82 bits per heavy atom. The Hall–Kier alpha value is -1.65. The molecule has 2 aliphatic rings. The summed E-state index contributed by atoms with van der Waals surface area (Å²) in [7, 11) is 0. The predicted octanol–water partition coefficient (Wildman–Crippen LogP) is 1.26. The number of rotatable bonds is 3. The molecular formula is C12H15N3O2. The van der Waals surface area contributed by atoms with Gasteiger partial charge in [-0.15, -0.1) is 0 Å². The number of nitrogens with zero attached hydrogens (tertiary/aromatic N) is 3. The maximum atomic E-state index is 10.9. The molecule has 1 atom stereocenters. The molecule has 17 heavy (non-hydrogen) atoms. The predicted molar refractivity (Wildman–Crippen MR) is 62.0 cm³/mol. The molecule has 0 aromatic carbocycles. The van der Waals surface area contributed by atoms with Crippen LogP contribution in [0, 0.1) is 5.92 Å². The minimum Gasteiger partial charge on any atom is -0.481 e. The fourth-order valence-corrected chi connectivity index (χ4v) is 2.31. The number of aromatic nitrogens is 2. The quantitative estimate of drug-likeness (QED) is 0.851. The summed E-state index contributed by atoms with van der Waals surface area (Å²) in [5.74, 6) is 0.526. The Bertz CT molecular complexity index is 445. The zero-order valence-electron chi connectivity index (χ0n) is 9.54. The van der Waals surface area contributed by atoms with Crippen LogP contribution in [0.2, 0.25) is 0 Å². The maximum Gasteiger partial charge on any atom is 0.308 e. The Labute approximate surface area is 99.5 Å². The molecule has 1 aliphatic carbocycles. The summed E-state index contributed by atoms with van der Waals surface area (Å²) in [6.45, 7) is 1.34. The first kappa shape index (κ1) is 10.5. The van der Waals surface area contributed by atoms with Crippen LogP contribution in [0.4, 0.5) is 5.82 Å². The lowest BCUT2D eigenvalue weighted by Crippen LogP contribution is -2.23. The van der Waals surface area contributed by atoms with Gasteiger partial charge in [-0.2, -0.15) is 0 Å². The molecule has 1 aromatic rings. The van der Waals surface area contributed by atoms with E-state index in [1.54, 1.807) is 6.33 Å². The SMILES string of the molecule is O=C(O)C1CCN(c2cc(C3CC3)ncn2)C1. The summed E-state index contributed by atoms with van der Waals surface area (Å²) in [6, 6.07) is 2.02. The lowest BCUT2D eigenvalue weighted by molar-refractivity contribution is -0.140. The Kier molecular flexibility index (Phi) is 2.46. The monoisotopic (exact) mass is 233 g/mol. The van der Waals surface area contributed by atoms with Crippen molar-refractivity contribution in [2.45, 2.75) is 25.2 Å². The van der Waals surface area contributed by atoms with Crippen LogP contribution in [0.15, 0.2) is 12.4 Å². The molecule has 0 spiro atoms. The second kappa shape index (κ2) is 3.98. The first-order chi connectivity index (χ1) is 8.24. The van der Waals surface area contributed by atoms with Gasteiger partial charge in [-0.1, -0.05) is 0 Å². The molecular weight excluding hydrogens is 218 g/mol. The summed E-state index contributed by atoms with van der Waals surface area (Å²) in [6.07, 6.45) is 4.73. The molecule has 1 saturated carbocycles. The second-order valence-corrected chi connectivity index (χ2v) is 4.85. The van der Waals surface area contributed by atoms with Gasteiger partial charge in [-0.25, -0.2) is 9.97 Å². The summed E-state index contributed by atoms with van der Waals surface area (Å²) in [5, 5.41) is 8.97. The fraction of sp³-hybridized carbons (Fsp3) is 0.583. The van der Waals surface area contributed by atoms with Crippen molar-refractivity contribution in [3.63, 3.8) is 0 Å². The largest absolute Gasteiger partial charge is 0.481 e. The van der Waals surface area contributed by atoms with E-state index in [0.717, 1.165) is 18.1 Å². The fourth-order valence-electron chi connectivity index (χ4n) is 2.31. The van der Waals surface area contributed by atoms with Crippen molar-refractivity contribution in [1.29, 1.82) is 0 Å².